The molecule has 2 aliphatic rings. The first kappa shape index (κ1) is 18.3. The van der Waals surface area contributed by atoms with Crippen LogP contribution in [0, 0.1) is 5.92 Å². The lowest BCUT2D eigenvalue weighted by Gasteiger charge is -2.31. The van der Waals surface area contributed by atoms with Crippen LogP contribution in [0.5, 0.6) is 11.5 Å². The van der Waals surface area contributed by atoms with Crippen molar-refractivity contribution in [1.29, 1.82) is 0 Å². The molecular formula is C22H24N2O4. The van der Waals surface area contributed by atoms with Gasteiger partial charge < -0.3 is 19.7 Å². The molecular weight excluding hydrogens is 356 g/mol. The third-order valence-electron chi connectivity index (χ3n) is 5.35. The van der Waals surface area contributed by atoms with Gasteiger partial charge in [-0.05, 0) is 48.4 Å². The molecule has 4 rings (SSSR count). The van der Waals surface area contributed by atoms with Crippen molar-refractivity contribution in [3.8, 4) is 11.5 Å². The number of carbonyl (C=O) groups is 2. The number of piperidine rings is 1. The Morgan fingerprint density at radius 2 is 1.71 bits per heavy atom. The van der Waals surface area contributed by atoms with Crippen LogP contribution in [0.3, 0.4) is 0 Å². The second kappa shape index (κ2) is 8.33. The third kappa shape index (κ3) is 4.27. The topological polar surface area (TPSA) is 67.9 Å². The summed E-state index contributed by atoms with van der Waals surface area (Å²) in [5.41, 5.74) is 2.20. The maximum atomic E-state index is 12.4. The van der Waals surface area contributed by atoms with Crippen molar-refractivity contribution < 1.29 is 19.1 Å². The molecule has 146 valence electrons. The van der Waals surface area contributed by atoms with Gasteiger partial charge in [0, 0.05) is 19.6 Å². The number of hydrogen-bond acceptors (Lipinski definition) is 4. The summed E-state index contributed by atoms with van der Waals surface area (Å²) in [4.78, 5) is 26.4. The van der Waals surface area contributed by atoms with E-state index in [0.717, 1.165) is 24.8 Å². The molecule has 28 heavy (non-hydrogen) atoms. The minimum absolute atomic E-state index is 0.212. The van der Waals surface area contributed by atoms with Gasteiger partial charge in [0.25, 0.3) is 0 Å². The molecule has 0 atom stereocenters. The van der Waals surface area contributed by atoms with Gasteiger partial charge in [-0.3, -0.25) is 9.59 Å². The smallest absolute Gasteiger partial charge is 0.311 e. The molecule has 2 aromatic carbocycles. The Bertz CT molecular complexity index is 845. The fraction of sp³-hybridized carbons (Fsp3) is 0.364. The highest BCUT2D eigenvalue weighted by molar-refractivity contribution is 6.34. The number of carbonyl (C=O) groups excluding carboxylic acids is 2. The van der Waals surface area contributed by atoms with Crippen molar-refractivity contribution in [2.75, 3.05) is 19.9 Å². The SMILES string of the molecule is O=C(NCc1ccc2c(c1)OCO2)C(=O)N1CCC(Cc2ccccc2)CC1. The molecule has 0 radical (unpaired) electrons. The average Bonchev–Trinajstić information content (AvgIpc) is 3.21. The maximum Gasteiger partial charge on any atom is 0.311 e. The first-order chi connectivity index (χ1) is 13.7. The van der Waals surface area contributed by atoms with Gasteiger partial charge >= 0.3 is 11.8 Å². The molecule has 2 heterocycles. The zero-order valence-electron chi connectivity index (χ0n) is 15.7. The number of nitrogens with one attached hydrogen (secondary N) is 1. The fourth-order valence-electron chi connectivity index (χ4n) is 3.74. The van der Waals surface area contributed by atoms with E-state index in [1.54, 1.807) is 4.90 Å². The zero-order chi connectivity index (χ0) is 19.3. The number of nitrogens with zero attached hydrogens (tertiary/aromatic N) is 1. The Morgan fingerprint density at radius 3 is 2.50 bits per heavy atom. The quantitative estimate of drug-likeness (QED) is 0.828. The van der Waals surface area contributed by atoms with E-state index in [9.17, 15) is 9.59 Å². The molecule has 0 aromatic heterocycles. The summed E-state index contributed by atoms with van der Waals surface area (Å²) < 4.78 is 10.6. The number of rotatable bonds is 4. The number of hydrogen-bond donors (Lipinski definition) is 1. The Hall–Kier alpha value is -3.02. The van der Waals surface area contributed by atoms with Gasteiger partial charge in [0.05, 0.1) is 0 Å². The first-order valence-corrected chi connectivity index (χ1v) is 9.68. The van der Waals surface area contributed by atoms with Gasteiger partial charge in [-0.1, -0.05) is 36.4 Å². The van der Waals surface area contributed by atoms with Crippen LogP contribution in [0.4, 0.5) is 0 Å². The lowest BCUT2D eigenvalue weighted by molar-refractivity contribution is -0.146. The van der Waals surface area contributed by atoms with Crippen molar-refractivity contribution in [3.05, 3.63) is 59.7 Å². The first-order valence-electron chi connectivity index (χ1n) is 9.68. The van der Waals surface area contributed by atoms with Crippen LogP contribution in [0.1, 0.15) is 24.0 Å². The van der Waals surface area contributed by atoms with E-state index in [1.807, 2.05) is 24.3 Å². The van der Waals surface area contributed by atoms with Crippen molar-refractivity contribution in [2.45, 2.75) is 25.8 Å². The minimum Gasteiger partial charge on any atom is -0.454 e. The van der Waals surface area contributed by atoms with Gasteiger partial charge in [-0.25, -0.2) is 0 Å². The highest BCUT2D eigenvalue weighted by Gasteiger charge is 2.27. The van der Waals surface area contributed by atoms with Crippen LogP contribution in [0.2, 0.25) is 0 Å². The summed E-state index contributed by atoms with van der Waals surface area (Å²) in [6.45, 7) is 1.76. The van der Waals surface area contributed by atoms with E-state index in [-0.39, 0.29) is 13.3 Å². The van der Waals surface area contributed by atoms with Crippen molar-refractivity contribution >= 4 is 11.8 Å². The van der Waals surface area contributed by atoms with Gasteiger partial charge in [0.2, 0.25) is 6.79 Å². The molecule has 2 aromatic rings. The fourth-order valence-corrected chi connectivity index (χ4v) is 3.74. The second-order valence-electron chi connectivity index (χ2n) is 7.30. The number of fused-ring (bicyclic) bond motifs is 1. The predicted molar refractivity (Wildman–Crippen MR) is 104 cm³/mol. The Kier molecular flexibility index (Phi) is 5.46. The Balaban J connectivity index is 1.24. The van der Waals surface area contributed by atoms with Crippen molar-refractivity contribution in [3.63, 3.8) is 0 Å². The number of benzene rings is 2. The van der Waals surface area contributed by atoms with E-state index in [1.165, 1.54) is 5.56 Å². The molecule has 2 aliphatic heterocycles. The third-order valence-corrected chi connectivity index (χ3v) is 5.35. The summed E-state index contributed by atoms with van der Waals surface area (Å²) in [6, 6.07) is 15.9. The lowest BCUT2D eigenvalue weighted by Crippen LogP contribution is -2.46. The molecule has 1 fully saturated rings. The summed E-state index contributed by atoms with van der Waals surface area (Å²) in [7, 11) is 0. The largest absolute Gasteiger partial charge is 0.454 e. The molecule has 2 amide bonds. The molecule has 0 aliphatic carbocycles. The lowest BCUT2D eigenvalue weighted by atomic mass is 9.90. The normalized spacial score (nSPS) is 16.1. The second-order valence-corrected chi connectivity index (χ2v) is 7.30. The van der Waals surface area contributed by atoms with Gasteiger partial charge in [0.1, 0.15) is 0 Å². The highest BCUT2D eigenvalue weighted by Crippen LogP contribution is 2.32. The minimum atomic E-state index is -0.556. The highest BCUT2D eigenvalue weighted by atomic mass is 16.7. The zero-order valence-corrected chi connectivity index (χ0v) is 15.7. The molecule has 1 N–H and O–H groups in total. The number of ether oxygens (including phenoxy) is 2. The number of likely N-dealkylation sites (tertiary alicyclic amines) is 1. The monoisotopic (exact) mass is 380 g/mol. The predicted octanol–water partition coefficient (Wildman–Crippen LogP) is 2.51. The number of amides is 2. The molecule has 6 nitrogen and oxygen atoms in total. The van der Waals surface area contributed by atoms with E-state index in [0.29, 0.717) is 30.5 Å². The van der Waals surface area contributed by atoms with Crippen molar-refractivity contribution in [1.82, 2.24) is 10.2 Å². The van der Waals surface area contributed by atoms with Crippen LogP contribution >= 0.6 is 0 Å². The van der Waals surface area contributed by atoms with Crippen LogP contribution in [-0.2, 0) is 22.6 Å². The van der Waals surface area contributed by atoms with E-state index in [2.05, 4.69) is 29.6 Å². The van der Waals surface area contributed by atoms with Gasteiger partial charge in [0.15, 0.2) is 11.5 Å². The summed E-state index contributed by atoms with van der Waals surface area (Å²) >= 11 is 0. The van der Waals surface area contributed by atoms with Crippen LogP contribution in [0.25, 0.3) is 0 Å². The molecule has 6 heteroatoms. The summed E-state index contributed by atoms with van der Waals surface area (Å²) in [5.74, 6) is 0.921. The van der Waals surface area contributed by atoms with Crippen LogP contribution < -0.4 is 14.8 Å². The van der Waals surface area contributed by atoms with Crippen LogP contribution in [-0.4, -0.2) is 36.6 Å². The average molecular weight is 380 g/mol. The van der Waals surface area contributed by atoms with Gasteiger partial charge in [-0.15, -0.1) is 0 Å². The molecule has 0 bridgehead atoms. The van der Waals surface area contributed by atoms with Gasteiger partial charge in [-0.2, -0.15) is 0 Å². The van der Waals surface area contributed by atoms with Crippen molar-refractivity contribution in [2.24, 2.45) is 5.92 Å². The van der Waals surface area contributed by atoms with E-state index in [4.69, 9.17) is 9.47 Å². The summed E-state index contributed by atoms with van der Waals surface area (Å²) in [6.07, 6.45) is 2.88. The Morgan fingerprint density at radius 1 is 0.964 bits per heavy atom. The molecule has 0 spiro atoms. The maximum absolute atomic E-state index is 12.4. The molecule has 0 unspecified atom stereocenters. The molecule has 1 saturated heterocycles. The molecule has 0 saturated carbocycles. The Labute approximate surface area is 164 Å². The van der Waals surface area contributed by atoms with E-state index >= 15 is 0 Å². The van der Waals surface area contributed by atoms with Crippen LogP contribution in [0.15, 0.2) is 48.5 Å². The standard InChI is InChI=1S/C22H24N2O4/c25-21(23-14-18-6-7-19-20(13-18)28-15-27-19)22(26)24-10-8-17(9-11-24)12-16-4-2-1-3-5-16/h1-7,13,17H,8-12,14-15H2,(H,23,25). The van der Waals surface area contributed by atoms with E-state index < -0.39 is 11.8 Å². The summed E-state index contributed by atoms with van der Waals surface area (Å²) in [5, 5.41) is 2.71.